The maximum atomic E-state index is 5.93. The lowest BCUT2D eigenvalue weighted by atomic mass is 9.79. The van der Waals surface area contributed by atoms with Gasteiger partial charge in [0, 0.05) is 30.6 Å². The minimum atomic E-state index is 0.198. The number of aromatic nitrogens is 1. The summed E-state index contributed by atoms with van der Waals surface area (Å²) in [6.07, 6.45) is 10.0. The molecule has 2 heterocycles. The molecule has 1 aliphatic heterocycles. The highest BCUT2D eigenvalue weighted by Gasteiger charge is 2.22. The molecule has 0 aliphatic carbocycles. The molecule has 2 rings (SSSR count). The Hall–Kier alpha value is -2.36. The summed E-state index contributed by atoms with van der Waals surface area (Å²) in [5.74, 6) is 0.632. The largest absolute Gasteiger partial charge is 0.403 e. The first-order valence-electron chi connectivity index (χ1n) is 9.80. The van der Waals surface area contributed by atoms with Crippen molar-refractivity contribution in [2.75, 3.05) is 6.54 Å². The fraction of sp³-hybridized carbons (Fsp3) is 0.478. The van der Waals surface area contributed by atoms with Gasteiger partial charge in [0.1, 0.15) is 5.71 Å². The Morgan fingerprint density at radius 2 is 2.15 bits per heavy atom. The number of hydrogen-bond acceptors (Lipinski definition) is 4. The minimum absolute atomic E-state index is 0.198. The molecule has 0 saturated heterocycles. The van der Waals surface area contributed by atoms with Gasteiger partial charge in [-0.05, 0) is 48.8 Å². The van der Waals surface area contributed by atoms with E-state index in [2.05, 4.69) is 73.9 Å². The van der Waals surface area contributed by atoms with Crippen LogP contribution in [0.5, 0.6) is 0 Å². The highest BCUT2D eigenvalue weighted by atomic mass is 15.0. The Kier molecular flexibility index (Phi) is 7.00. The number of allylic oxidation sites excluding steroid dienone is 3. The number of pyridine rings is 1. The molecule has 27 heavy (non-hydrogen) atoms. The maximum Gasteiger partial charge on any atom is 0.108 e. The van der Waals surface area contributed by atoms with Crippen molar-refractivity contribution >= 4 is 5.71 Å². The molecule has 1 aliphatic rings. The van der Waals surface area contributed by atoms with E-state index < -0.39 is 0 Å². The quantitative estimate of drug-likeness (QED) is 0.731. The molecule has 4 nitrogen and oxygen atoms in total. The number of nitrogens with zero attached hydrogens (tertiary/aromatic N) is 2. The number of rotatable bonds is 2. The highest BCUT2D eigenvalue weighted by molar-refractivity contribution is 6.11. The van der Waals surface area contributed by atoms with Gasteiger partial charge in [0.15, 0.2) is 0 Å². The van der Waals surface area contributed by atoms with E-state index in [1.165, 1.54) is 5.56 Å². The predicted octanol–water partition coefficient (Wildman–Crippen LogP) is 4.91. The summed E-state index contributed by atoms with van der Waals surface area (Å²) in [7, 11) is 0. The molecule has 0 spiro atoms. The molecule has 146 valence electrons. The van der Waals surface area contributed by atoms with Crippen molar-refractivity contribution < 1.29 is 0 Å². The molecule has 0 amide bonds. The Morgan fingerprint density at radius 1 is 1.41 bits per heavy atom. The smallest absolute Gasteiger partial charge is 0.108 e. The van der Waals surface area contributed by atoms with Crippen molar-refractivity contribution in [3.63, 3.8) is 0 Å². The van der Waals surface area contributed by atoms with Crippen molar-refractivity contribution in [1.29, 1.82) is 0 Å². The van der Waals surface area contributed by atoms with Crippen LogP contribution in [0, 0.1) is 11.3 Å². The third-order valence-corrected chi connectivity index (χ3v) is 4.79. The predicted molar refractivity (Wildman–Crippen MR) is 116 cm³/mol. The minimum Gasteiger partial charge on any atom is -0.403 e. The van der Waals surface area contributed by atoms with E-state index in [-0.39, 0.29) is 11.3 Å². The van der Waals surface area contributed by atoms with Gasteiger partial charge in [-0.1, -0.05) is 46.4 Å². The van der Waals surface area contributed by atoms with E-state index in [9.17, 15) is 0 Å². The monoisotopic (exact) mass is 366 g/mol. The lowest BCUT2D eigenvalue weighted by Crippen LogP contribution is -2.25. The molecule has 2 unspecified atom stereocenters. The van der Waals surface area contributed by atoms with Gasteiger partial charge in [-0.15, -0.1) is 0 Å². The van der Waals surface area contributed by atoms with Crippen molar-refractivity contribution in [2.45, 2.75) is 53.4 Å². The summed E-state index contributed by atoms with van der Waals surface area (Å²) in [5.41, 5.74) is 10.8. The second-order valence-corrected chi connectivity index (χ2v) is 8.44. The number of fused-ring (bicyclic) bond motifs is 2. The molecule has 0 radical (unpaired) electrons. The first-order chi connectivity index (χ1) is 12.7. The van der Waals surface area contributed by atoms with Crippen molar-refractivity contribution in [2.24, 2.45) is 22.1 Å². The lowest BCUT2D eigenvalue weighted by Gasteiger charge is -2.27. The lowest BCUT2D eigenvalue weighted by molar-refractivity contribution is 0.339. The van der Waals surface area contributed by atoms with Gasteiger partial charge in [0.25, 0.3) is 0 Å². The summed E-state index contributed by atoms with van der Waals surface area (Å²) in [6.45, 7) is 15.9. The van der Waals surface area contributed by atoms with Crippen LogP contribution in [-0.2, 0) is 0 Å². The fourth-order valence-corrected chi connectivity index (χ4v) is 3.40. The van der Waals surface area contributed by atoms with Gasteiger partial charge in [-0.25, -0.2) is 0 Å². The van der Waals surface area contributed by atoms with Gasteiger partial charge in [0.2, 0.25) is 0 Å². The Bertz CT molecular complexity index is 750. The van der Waals surface area contributed by atoms with Crippen LogP contribution in [0.1, 0.15) is 64.6 Å². The van der Waals surface area contributed by atoms with E-state index in [1.807, 2.05) is 13.1 Å². The van der Waals surface area contributed by atoms with E-state index in [0.717, 1.165) is 35.6 Å². The second-order valence-electron chi connectivity index (χ2n) is 8.44. The van der Waals surface area contributed by atoms with Crippen molar-refractivity contribution in [3.05, 3.63) is 65.9 Å². The molecule has 4 heteroatoms. The number of nitrogens with one attached hydrogen (secondary N) is 1. The van der Waals surface area contributed by atoms with E-state index in [0.29, 0.717) is 12.5 Å². The average Bonchev–Trinajstić information content (AvgIpc) is 2.61. The number of nitrogens with two attached hydrogens (primary N) is 1. The number of aliphatic imine (C=N–C) groups is 1. The van der Waals surface area contributed by atoms with E-state index in [1.54, 1.807) is 6.20 Å². The van der Waals surface area contributed by atoms with Crippen LogP contribution < -0.4 is 11.1 Å². The summed E-state index contributed by atoms with van der Waals surface area (Å²) >= 11 is 0. The first kappa shape index (κ1) is 20.9. The first-order valence-corrected chi connectivity index (χ1v) is 9.80. The zero-order valence-corrected chi connectivity index (χ0v) is 17.4. The van der Waals surface area contributed by atoms with Crippen LogP contribution >= 0.6 is 0 Å². The molecule has 3 N–H and O–H groups in total. The molecule has 0 aromatic carbocycles. The molecular formula is C23H34N4. The fourth-order valence-electron chi connectivity index (χ4n) is 3.40. The van der Waals surface area contributed by atoms with Gasteiger partial charge in [0.05, 0.1) is 11.4 Å². The summed E-state index contributed by atoms with van der Waals surface area (Å²) in [5, 5.41) is 3.35. The topological polar surface area (TPSA) is 63.3 Å². The van der Waals surface area contributed by atoms with Crippen LogP contribution in [0.15, 0.2) is 59.6 Å². The van der Waals surface area contributed by atoms with Crippen molar-refractivity contribution in [1.82, 2.24) is 10.3 Å². The zero-order chi connectivity index (χ0) is 20.0. The molecule has 2 atom stereocenters. The second kappa shape index (κ2) is 9.03. The van der Waals surface area contributed by atoms with Crippen LogP contribution in [-0.4, -0.2) is 17.2 Å². The molecule has 1 aromatic heterocycles. The van der Waals surface area contributed by atoms with Gasteiger partial charge in [-0.3, -0.25) is 9.98 Å². The number of hydrogen-bond donors (Lipinski definition) is 2. The third-order valence-electron chi connectivity index (χ3n) is 4.79. The molecular weight excluding hydrogens is 332 g/mol. The van der Waals surface area contributed by atoms with Crippen LogP contribution in [0.25, 0.3) is 0 Å². The van der Waals surface area contributed by atoms with Crippen molar-refractivity contribution in [3.8, 4) is 0 Å². The summed E-state index contributed by atoms with van der Waals surface area (Å²) < 4.78 is 0. The summed E-state index contributed by atoms with van der Waals surface area (Å²) in [4.78, 5) is 9.28. The highest BCUT2D eigenvalue weighted by Crippen LogP contribution is 2.34. The normalized spacial score (nSPS) is 25.6. The van der Waals surface area contributed by atoms with E-state index >= 15 is 0 Å². The SMILES string of the molecule is C=C1NC(=CN)C(=NCC)c2cc(ccn2)C(CC(C)(C)C)C/C=C/C1C. The Labute approximate surface area is 164 Å². The van der Waals surface area contributed by atoms with E-state index in [4.69, 9.17) is 5.73 Å². The maximum absolute atomic E-state index is 5.93. The van der Waals surface area contributed by atoms with Crippen LogP contribution in [0.3, 0.4) is 0 Å². The van der Waals surface area contributed by atoms with Crippen LogP contribution in [0.4, 0.5) is 0 Å². The standard InChI is InChI=1S/C23H34N4/c1-7-25-22-20-13-18(11-12-26-20)19(14-23(4,5)6)10-8-9-16(2)17(3)27-21(22)15-24/h8-9,11-13,15-16,19,27H,3,7,10,14,24H2,1-2,4-6H3/b9-8+,21-15?,25-22?. The molecule has 0 saturated carbocycles. The average molecular weight is 367 g/mol. The zero-order valence-electron chi connectivity index (χ0n) is 17.4. The van der Waals surface area contributed by atoms with Crippen LogP contribution in [0.2, 0.25) is 0 Å². The Balaban J connectivity index is 2.58. The molecule has 2 bridgehead atoms. The Morgan fingerprint density at radius 3 is 2.78 bits per heavy atom. The summed E-state index contributed by atoms with van der Waals surface area (Å²) in [6, 6.07) is 4.29. The third kappa shape index (κ3) is 5.81. The van der Waals surface area contributed by atoms with Gasteiger partial charge < -0.3 is 11.1 Å². The molecule has 0 fully saturated rings. The molecule has 1 aromatic rings. The van der Waals surface area contributed by atoms with Gasteiger partial charge in [-0.2, -0.15) is 0 Å². The van der Waals surface area contributed by atoms with Gasteiger partial charge >= 0.3 is 0 Å².